The zero-order valence-corrected chi connectivity index (χ0v) is 11.5. The molecule has 19 heavy (non-hydrogen) atoms. The fourth-order valence-electron chi connectivity index (χ4n) is 1.79. The van der Waals surface area contributed by atoms with E-state index in [-0.39, 0.29) is 12.0 Å². The Balaban J connectivity index is 2.16. The summed E-state index contributed by atoms with van der Waals surface area (Å²) in [6, 6.07) is 7.57. The van der Waals surface area contributed by atoms with Crippen LogP contribution in [0.5, 0.6) is 5.75 Å². The van der Waals surface area contributed by atoms with Gasteiger partial charge in [-0.1, -0.05) is 37.2 Å². The van der Waals surface area contributed by atoms with Gasteiger partial charge in [0, 0.05) is 5.56 Å². The van der Waals surface area contributed by atoms with Crippen LogP contribution in [0.1, 0.15) is 37.2 Å². The van der Waals surface area contributed by atoms with Crippen LogP contribution >= 0.6 is 0 Å². The van der Waals surface area contributed by atoms with E-state index in [0.29, 0.717) is 18.1 Å². The minimum atomic E-state index is -0.199. The van der Waals surface area contributed by atoms with Crippen molar-refractivity contribution < 1.29 is 9.26 Å². The molecule has 0 spiro atoms. The number of para-hydroxylation sites is 1. The monoisotopic (exact) mass is 261 g/mol. The van der Waals surface area contributed by atoms with Crippen molar-refractivity contribution in [3.63, 3.8) is 0 Å². The molecule has 5 heteroatoms. The van der Waals surface area contributed by atoms with Crippen LogP contribution in [0.2, 0.25) is 0 Å². The first-order chi connectivity index (χ1) is 9.11. The van der Waals surface area contributed by atoms with E-state index in [1.54, 1.807) is 7.11 Å². The molecule has 0 saturated carbocycles. The minimum Gasteiger partial charge on any atom is -0.496 e. The lowest BCUT2D eigenvalue weighted by Crippen LogP contribution is -2.18. The first kappa shape index (κ1) is 13.5. The van der Waals surface area contributed by atoms with E-state index in [1.165, 1.54) is 0 Å². The normalized spacial score (nSPS) is 12.7. The van der Waals surface area contributed by atoms with E-state index in [4.69, 9.17) is 15.0 Å². The molecule has 2 N–H and O–H groups in total. The molecule has 1 aromatic heterocycles. The average molecular weight is 261 g/mol. The molecule has 0 radical (unpaired) electrons. The Morgan fingerprint density at radius 3 is 2.74 bits per heavy atom. The third-order valence-electron chi connectivity index (χ3n) is 3.03. The van der Waals surface area contributed by atoms with Crippen molar-refractivity contribution in [2.75, 3.05) is 7.11 Å². The number of hydrogen-bond donors (Lipinski definition) is 1. The second kappa shape index (κ2) is 5.84. The molecule has 1 unspecified atom stereocenters. The molecule has 1 aromatic carbocycles. The summed E-state index contributed by atoms with van der Waals surface area (Å²) in [5.41, 5.74) is 7.00. The number of hydrogen-bond acceptors (Lipinski definition) is 5. The van der Waals surface area contributed by atoms with Gasteiger partial charge in [-0.3, -0.25) is 0 Å². The molecule has 5 nitrogen and oxygen atoms in total. The van der Waals surface area contributed by atoms with E-state index in [1.807, 2.05) is 38.1 Å². The number of benzene rings is 1. The predicted octanol–water partition coefficient (Wildman–Crippen LogP) is 2.32. The fourth-order valence-corrected chi connectivity index (χ4v) is 1.79. The molecule has 0 bridgehead atoms. The van der Waals surface area contributed by atoms with Crippen molar-refractivity contribution in [1.29, 1.82) is 0 Å². The number of nitrogens with two attached hydrogens (primary N) is 1. The molecule has 2 aromatic rings. The Bertz CT molecular complexity index is 537. The Hall–Kier alpha value is -1.88. The van der Waals surface area contributed by atoms with Gasteiger partial charge in [0.05, 0.1) is 19.6 Å². The Morgan fingerprint density at radius 1 is 1.32 bits per heavy atom. The van der Waals surface area contributed by atoms with E-state index in [0.717, 1.165) is 11.3 Å². The second-order valence-electron chi connectivity index (χ2n) is 4.80. The van der Waals surface area contributed by atoms with Gasteiger partial charge in [-0.2, -0.15) is 4.98 Å². The van der Waals surface area contributed by atoms with Crippen LogP contribution in [0.3, 0.4) is 0 Å². The molecule has 0 saturated heterocycles. The fraction of sp³-hybridized carbons (Fsp3) is 0.429. The summed E-state index contributed by atoms with van der Waals surface area (Å²) >= 11 is 0. The maximum Gasteiger partial charge on any atom is 0.231 e. The van der Waals surface area contributed by atoms with Gasteiger partial charge in [-0.15, -0.1) is 0 Å². The number of methoxy groups -OCH3 is 1. The highest BCUT2D eigenvalue weighted by Crippen LogP contribution is 2.21. The third kappa shape index (κ3) is 3.12. The largest absolute Gasteiger partial charge is 0.496 e. The zero-order valence-electron chi connectivity index (χ0n) is 11.5. The Morgan fingerprint density at radius 2 is 2.05 bits per heavy atom. The first-order valence-corrected chi connectivity index (χ1v) is 6.31. The topological polar surface area (TPSA) is 74.2 Å². The van der Waals surface area contributed by atoms with Crippen LogP contribution in [-0.4, -0.2) is 17.3 Å². The van der Waals surface area contributed by atoms with Gasteiger partial charge >= 0.3 is 0 Å². The van der Waals surface area contributed by atoms with Gasteiger partial charge in [-0.05, 0) is 12.0 Å². The van der Waals surface area contributed by atoms with Crippen molar-refractivity contribution in [3.8, 4) is 5.75 Å². The lowest BCUT2D eigenvalue weighted by molar-refractivity contribution is 0.365. The number of ether oxygens (including phenoxy) is 1. The van der Waals surface area contributed by atoms with Gasteiger partial charge in [0.15, 0.2) is 5.82 Å². The molecule has 102 valence electrons. The van der Waals surface area contributed by atoms with Gasteiger partial charge < -0.3 is 15.0 Å². The number of nitrogens with zero attached hydrogens (tertiary/aromatic N) is 2. The summed E-state index contributed by atoms with van der Waals surface area (Å²) in [5.74, 6) is 2.20. The Kier molecular flexibility index (Phi) is 4.16. The van der Waals surface area contributed by atoms with Crippen LogP contribution < -0.4 is 10.5 Å². The van der Waals surface area contributed by atoms with Crippen LogP contribution in [0.4, 0.5) is 0 Å². The van der Waals surface area contributed by atoms with Crippen LogP contribution in [-0.2, 0) is 6.42 Å². The molecule has 0 fully saturated rings. The average Bonchev–Trinajstić information content (AvgIpc) is 2.87. The van der Waals surface area contributed by atoms with Gasteiger partial charge in [0.1, 0.15) is 5.75 Å². The summed E-state index contributed by atoms with van der Waals surface area (Å²) in [7, 11) is 1.65. The van der Waals surface area contributed by atoms with Crippen molar-refractivity contribution in [1.82, 2.24) is 10.1 Å². The highest BCUT2D eigenvalue weighted by molar-refractivity contribution is 5.34. The minimum absolute atomic E-state index is 0.199. The maximum absolute atomic E-state index is 5.99. The van der Waals surface area contributed by atoms with E-state index >= 15 is 0 Å². The maximum atomic E-state index is 5.99. The summed E-state index contributed by atoms with van der Waals surface area (Å²) in [6.45, 7) is 4.06. The number of rotatable bonds is 5. The highest BCUT2D eigenvalue weighted by Gasteiger charge is 2.18. The molecular formula is C14H19N3O2. The van der Waals surface area contributed by atoms with Gasteiger partial charge in [0.2, 0.25) is 5.89 Å². The predicted molar refractivity (Wildman–Crippen MR) is 71.9 cm³/mol. The van der Waals surface area contributed by atoms with Crippen LogP contribution in [0, 0.1) is 5.92 Å². The standard InChI is InChI=1S/C14H19N3O2/c1-9(2)13(15)14-16-12(19-17-14)8-10-6-4-5-7-11(10)18-3/h4-7,9,13H,8,15H2,1-3H3. The lowest BCUT2D eigenvalue weighted by Gasteiger charge is -2.09. The highest BCUT2D eigenvalue weighted by atomic mass is 16.5. The molecule has 0 aliphatic carbocycles. The molecule has 0 aliphatic heterocycles. The van der Waals surface area contributed by atoms with Gasteiger partial charge in [-0.25, -0.2) is 0 Å². The SMILES string of the molecule is COc1ccccc1Cc1nc(C(N)C(C)C)no1. The quantitative estimate of drug-likeness (QED) is 0.894. The van der Waals surface area contributed by atoms with Crippen molar-refractivity contribution in [3.05, 3.63) is 41.5 Å². The molecule has 2 rings (SSSR count). The van der Waals surface area contributed by atoms with E-state index in [9.17, 15) is 0 Å². The smallest absolute Gasteiger partial charge is 0.231 e. The third-order valence-corrected chi connectivity index (χ3v) is 3.03. The van der Waals surface area contributed by atoms with E-state index in [2.05, 4.69) is 10.1 Å². The zero-order chi connectivity index (χ0) is 13.8. The van der Waals surface area contributed by atoms with Crippen LogP contribution in [0.25, 0.3) is 0 Å². The molecule has 0 aliphatic rings. The number of aromatic nitrogens is 2. The van der Waals surface area contributed by atoms with Gasteiger partial charge in [0.25, 0.3) is 0 Å². The summed E-state index contributed by atoms with van der Waals surface area (Å²) < 4.78 is 10.5. The molecule has 0 amide bonds. The van der Waals surface area contributed by atoms with Crippen molar-refractivity contribution in [2.45, 2.75) is 26.3 Å². The van der Waals surface area contributed by atoms with Crippen molar-refractivity contribution in [2.24, 2.45) is 11.7 Å². The Labute approximate surface area is 112 Å². The summed E-state index contributed by atoms with van der Waals surface area (Å²) in [4.78, 5) is 4.34. The summed E-state index contributed by atoms with van der Waals surface area (Å²) in [6.07, 6.45) is 0.543. The summed E-state index contributed by atoms with van der Waals surface area (Å²) in [5, 5.41) is 3.94. The van der Waals surface area contributed by atoms with Crippen LogP contribution in [0.15, 0.2) is 28.8 Å². The molecule has 1 heterocycles. The lowest BCUT2D eigenvalue weighted by atomic mass is 10.1. The second-order valence-corrected chi connectivity index (χ2v) is 4.80. The van der Waals surface area contributed by atoms with Crippen molar-refractivity contribution >= 4 is 0 Å². The molecular weight excluding hydrogens is 242 g/mol. The molecule has 1 atom stereocenters. The first-order valence-electron chi connectivity index (χ1n) is 6.31. The van der Waals surface area contributed by atoms with E-state index < -0.39 is 0 Å².